The third-order valence-electron chi connectivity index (χ3n) is 2.13. The number of aromatic nitrogens is 2. The van der Waals surface area contributed by atoms with Gasteiger partial charge >= 0.3 is 0 Å². The van der Waals surface area contributed by atoms with Gasteiger partial charge in [0.2, 0.25) is 0 Å². The zero-order valence-electron chi connectivity index (χ0n) is 10.4. The number of hydrazone groups is 1. The van der Waals surface area contributed by atoms with E-state index in [0.29, 0.717) is 10.2 Å². The Kier molecular flexibility index (Phi) is 5.52. The van der Waals surface area contributed by atoms with E-state index in [4.69, 9.17) is 11.6 Å². The molecule has 0 spiro atoms. The Morgan fingerprint density at radius 1 is 1.35 bits per heavy atom. The number of carbonyl (C=O) groups is 1. The smallest absolute Gasteiger partial charge is 0.250 e. The van der Waals surface area contributed by atoms with Gasteiger partial charge in [-0.05, 0) is 23.8 Å². The molecular weight excluding hydrogens is 296 g/mol. The zero-order valence-corrected chi connectivity index (χ0v) is 11.9. The summed E-state index contributed by atoms with van der Waals surface area (Å²) in [6.45, 7) is 0. The Bertz CT molecular complexity index is 606. The van der Waals surface area contributed by atoms with Crippen LogP contribution in [0.25, 0.3) is 0 Å². The van der Waals surface area contributed by atoms with Crippen molar-refractivity contribution in [1.29, 1.82) is 0 Å². The molecule has 0 aliphatic carbocycles. The van der Waals surface area contributed by atoms with Gasteiger partial charge in [-0.1, -0.05) is 35.5 Å². The quantitative estimate of drug-likeness (QED) is 0.398. The highest BCUT2D eigenvalue weighted by atomic mass is 35.5. The maximum atomic E-state index is 11.5. The van der Waals surface area contributed by atoms with Crippen molar-refractivity contribution < 1.29 is 4.79 Å². The molecule has 20 heavy (non-hydrogen) atoms. The van der Waals surface area contributed by atoms with Crippen molar-refractivity contribution in [3.05, 3.63) is 53.3 Å². The minimum atomic E-state index is -0.222. The van der Waals surface area contributed by atoms with Gasteiger partial charge in [0.25, 0.3) is 5.91 Å². The Morgan fingerprint density at radius 2 is 2.15 bits per heavy atom. The fourth-order valence-corrected chi connectivity index (χ4v) is 2.08. The topological polar surface area (TPSA) is 67.2 Å². The fraction of sp³-hybridized carbons (Fsp3) is 0.0769. The van der Waals surface area contributed by atoms with Gasteiger partial charge in [0.15, 0.2) is 5.16 Å². The minimum absolute atomic E-state index is 0.205. The summed E-state index contributed by atoms with van der Waals surface area (Å²) < 4.78 is 0. The third-order valence-corrected chi connectivity index (χ3v) is 3.24. The normalized spacial score (nSPS) is 10.7. The molecule has 5 nitrogen and oxygen atoms in total. The summed E-state index contributed by atoms with van der Waals surface area (Å²) in [5, 5.41) is 5.04. The summed E-state index contributed by atoms with van der Waals surface area (Å²) in [4.78, 5) is 19.6. The molecule has 0 aliphatic heterocycles. The Morgan fingerprint density at radius 3 is 2.90 bits per heavy atom. The number of thioether (sulfide) groups is 1. The highest BCUT2D eigenvalue weighted by molar-refractivity contribution is 7.99. The number of halogens is 1. The number of rotatable bonds is 5. The highest BCUT2D eigenvalue weighted by Crippen LogP contribution is 2.10. The molecule has 0 saturated heterocycles. The molecule has 0 saturated carbocycles. The lowest BCUT2D eigenvalue weighted by Crippen LogP contribution is -2.19. The molecule has 1 aromatic carbocycles. The first kappa shape index (κ1) is 14.5. The second kappa shape index (κ2) is 7.62. The molecule has 7 heteroatoms. The predicted octanol–water partition coefficient (Wildman–Crippen LogP) is 2.37. The van der Waals surface area contributed by atoms with Crippen LogP contribution < -0.4 is 5.43 Å². The molecule has 0 radical (unpaired) electrons. The standard InChI is InChI=1S/C13H11ClN4OS/c14-11-4-1-3-10(7-11)8-17-18-12(19)9-20-13-15-5-2-6-16-13/h1-8H,9H2,(H,18,19)/b17-8+. The number of nitrogens with zero attached hydrogens (tertiary/aromatic N) is 3. The molecule has 0 unspecified atom stereocenters. The first-order chi connectivity index (χ1) is 9.74. The molecule has 0 aliphatic rings. The van der Waals surface area contributed by atoms with Crippen molar-refractivity contribution >= 4 is 35.5 Å². The average Bonchev–Trinajstić information content (AvgIpc) is 2.46. The summed E-state index contributed by atoms with van der Waals surface area (Å²) in [7, 11) is 0. The number of carbonyl (C=O) groups excluding carboxylic acids is 1. The lowest BCUT2D eigenvalue weighted by molar-refractivity contribution is -0.118. The van der Waals surface area contributed by atoms with Crippen LogP contribution in [-0.4, -0.2) is 27.8 Å². The van der Waals surface area contributed by atoms with Crippen LogP contribution >= 0.6 is 23.4 Å². The van der Waals surface area contributed by atoms with E-state index >= 15 is 0 Å². The van der Waals surface area contributed by atoms with Gasteiger partial charge in [-0.15, -0.1) is 0 Å². The molecule has 1 amide bonds. The van der Waals surface area contributed by atoms with Crippen molar-refractivity contribution in [2.24, 2.45) is 5.10 Å². The second-order valence-electron chi connectivity index (χ2n) is 3.67. The summed E-state index contributed by atoms with van der Waals surface area (Å²) in [6.07, 6.45) is 4.79. The van der Waals surface area contributed by atoms with Crippen molar-refractivity contribution in [3.8, 4) is 0 Å². The van der Waals surface area contributed by atoms with Gasteiger partial charge in [0, 0.05) is 17.4 Å². The molecule has 102 valence electrons. The van der Waals surface area contributed by atoms with Gasteiger partial charge in [0.05, 0.1) is 12.0 Å². The lowest BCUT2D eigenvalue weighted by Gasteiger charge is -1.99. The molecule has 1 N–H and O–H groups in total. The Balaban J connectivity index is 1.78. The Labute approximate surface area is 125 Å². The summed E-state index contributed by atoms with van der Waals surface area (Å²) in [5.41, 5.74) is 3.25. The van der Waals surface area contributed by atoms with E-state index in [2.05, 4.69) is 20.5 Å². The average molecular weight is 307 g/mol. The molecule has 1 heterocycles. The Hall–Kier alpha value is -1.92. The van der Waals surface area contributed by atoms with Crippen LogP contribution in [0.5, 0.6) is 0 Å². The van der Waals surface area contributed by atoms with Crippen molar-refractivity contribution in [2.45, 2.75) is 5.16 Å². The van der Waals surface area contributed by atoms with Crippen LogP contribution in [-0.2, 0) is 4.79 Å². The van der Waals surface area contributed by atoms with Gasteiger partial charge in [-0.25, -0.2) is 15.4 Å². The highest BCUT2D eigenvalue weighted by Gasteiger charge is 2.02. The zero-order chi connectivity index (χ0) is 14.2. The molecule has 0 atom stereocenters. The van der Waals surface area contributed by atoms with E-state index in [9.17, 15) is 4.79 Å². The maximum Gasteiger partial charge on any atom is 0.250 e. The van der Waals surface area contributed by atoms with E-state index in [1.54, 1.807) is 30.6 Å². The fourth-order valence-electron chi connectivity index (χ4n) is 1.29. The summed E-state index contributed by atoms with van der Waals surface area (Å²) >= 11 is 7.09. The van der Waals surface area contributed by atoms with Crippen LogP contribution in [0.4, 0.5) is 0 Å². The second-order valence-corrected chi connectivity index (χ2v) is 5.05. The summed E-state index contributed by atoms with van der Waals surface area (Å²) in [5.74, 6) is -0.0163. The summed E-state index contributed by atoms with van der Waals surface area (Å²) in [6, 6.07) is 8.90. The van der Waals surface area contributed by atoms with Crippen LogP contribution in [0.1, 0.15) is 5.56 Å². The van der Waals surface area contributed by atoms with E-state index in [-0.39, 0.29) is 11.7 Å². The number of hydrogen-bond acceptors (Lipinski definition) is 5. The molecule has 0 bridgehead atoms. The van der Waals surface area contributed by atoms with Crippen LogP contribution in [0.2, 0.25) is 5.02 Å². The van der Waals surface area contributed by atoms with E-state index in [1.807, 2.05) is 12.1 Å². The van der Waals surface area contributed by atoms with E-state index in [1.165, 1.54) is 18.0 Å². The van der Waals surface area contributed by atoms with Gasteiger partial charge in [-0.3, -0.25) is 4.79 Å². The number of benzene rings is 1. The molecule has 0 fully saturated rings. The third kappa shape index (κ3) is 4.99. The largest absolute Gasteiger partial charge is 0.272 e. The lowest BCUT2D eigenvalue weighted by atomic mass is 10.2. The van der Waals surface area contributed by atoms with E-state index in [0.717, 1.165) is 5.56 Å². The van der Waals surface area contributed by atoms with Gasteiger partial charge in [0.1, 0.15) is 0 Å². The van der Waals surface area contributed by atoms with Crippen molar-refractivity contribution in [1.82, 2.24) is 15.4 Å². The van der Waals surface area contributed by atoms with Crippen LogP contribution in [0.15, 0.2) is 53.0 Å². The van der Waals surface area contributed by atoms with Crippen LogP contribution in [0, 0.1) is 0 Å². The maximum absolute atomic E-state index is 11.5. The van der Waals surface area contributed by atoms with Crippen molar-refractivity contribution in [2.75, 3.05) is 5.75 Å². The minimum Gasteiger partial charge on any atom is -0.272 e. The predicted molar refractivity (Wildman–Crippen MR) is 79.9 cm³/mol. The molecule has 1 aromatic heterocycles. The monoisotopic (exact) mass is 306 g/mol. The molecular formula is C13H11ClN4OS. The first-order valence-electron chi connectivity index (χ1n) is 5.71. The van der Waals surface area contributed by atoms with Gasteiger partial charge < -0.3 is 0 Å². The van der Waals surface area contributed by atoms with Gasteiger partial charge in [-0.2, -0.15) is 5.10 Å². The van der Waals surface area contributed by atoms with Crippen LogP contribution in [0.3, 0.4) is 0 Å². The number of amides is 1. The molecule has 2 rings (SSSR count). The number of nitrogens with one attached hydrogen (secondary N) is 1. The number of hydrogen-bond donors (Lipinski definition) is 1. The first-order valence-corrected chi connectivity index (χ1v) is 7.08. The van der Waals surface area contributed by atoms with E-state index < -0.39 is 0 Å². The van der Waals surface area contributed by atoms with Crippen molar-refractivity contribution in [3.63, 3.8) is 0 Å². The molecule has 2 aromatic rings. The SMILES string of the molecule is O=C(CSc1ncccn1)N/N=C/c1cccc(Cl)c1.